The minimum Gasteiger partial charge on any atom is -0.364 e. The average Bonchev–Trinajstić information content (AvgIpc) is 2.75. The number of halogens is 2. The van der Waals surface area contributed by atoms with Crippen LogP contribution in [0.3, 0.4) is 0 Å². The summed E-state index contributed by atoms with van der Waals surface area (Å²) in [6, 6.07) is 2.54. The highest BCUT2D eigenvalue weighted by molar-refractivity contribution is 5.72. The third kappa shape index (κ3) is 2.82. The molecule has 0 radical (unpaired) electrons. The molecule has 2 rings (SSSR count). The summed E-state index contributed by atoms with van der Waals surface area (Å²) in [6.07, 6.45) is -0.425. The molecule has 0 aromatic heterocycles. The van der Waals surface area contributed by atoms with Gasteiger partial charge < -0.3 is 15.8 Å². The van der Waals surface area contributed by atoms with Gasteiger partial charge in [-0.3, -0.25) is 5.32 Å². The smallest absolute Gasteiger partial charge is 0.312 e. The van der Waals surface area contributed by atoms with Gasteiger partial charge in [0.1, 0.15) is 6.23 Å². The van der Waals surface area contributed by atoms with E-state index in [1.165, 1.54) is 13.2 Å². The first kappa shape index (κ1) is 13.7. The SMILES string of the molecule is COC1NC[C@@H](c2ccc(F)c(F)c2)[C@@H]1NC(N)=O. The molecule has 1 saturated heterocycles. The number of nitrogens with two attached hydrogens (primary N) is 1. The van der Waals surface area contributed by atoms with Crippen LogP contribution in [0, 0.1) is 11.6 Å². The number of nitrogens with one attached hydrogen (secondary N) is 2. The molecule has 2 amide bonds. The molecule has 0 bridgehead atoms. The lowest BCUT2D eigenvalue weighted by Gasteiger charge is -2.23. The summed E-state index contributed by atoms with van der Waals surface area (Å²) < 4.78 is 31.4. The van der Waals surface area contributed by atoms with Crippen molar-refractivity contribution in [3.05, 3.63) is 35.4 Å². The summed E-state index contributed by atoms with van der Waals surface area (Å²) >= 11 is 0. The van der Waals surface area contributed by atoms with Gasteiger partial charge in [-0.25, -0.2) is 13.6 Å². The Bertz CT molecular complexity index is 484. The molecule has 104 valence electrons. The Balaban J connectivity index is 2.26. The second-order valence-electron chi connectivity index (χ2n) is 4.38. The predicted molar refractivity (Wildman–Crippen MR) is 64.4 cm³/mol. The first-order valence-corrected chi connectivity index (χ1v) is 5.80. The summed E-state index contributed by atoms with van der Waals surface area (Å²) in [5.41, 5.74) is 5.69. The summed E-state index contributed by atoms with van der Waals surface area (Å²) in [7, 11) is 1.49. The van der Waals surface area contributed by atoms with Crippen LogP contribution in [-0.4, -0.2) is 32.0 Å². The molecule has 0 spiro atoms. The van der Waals surface area contributed by atoms with E-state index in [9.17, 15) is 13.6 Å². The first-order valence-electron chi connectivity index (χ1n) is 5.80. The zero-order chi connectivity index (χ0) is 14.0. The number of carbonyl (C=O) groups excluding carboxylic acids is 1. The molecule has 1 fully saturated rings. The van der Waals surface area contributed by atoms with Crippen LogP contribution < -0.4 is 16.4 Å². The summed E-state index contributed by atoms with van der Waals surface area (Å²) in [4.78, 5) is 11.0. The van der Waals surface area contributed by atoms with Gasteiger partial charge in [0.15, 0.2) is 11.6 Å². The molecule has 0 saturated carbocycles. The van der Waals surface area contributed by atoms with E-state index in [1.54, 1.807) is 0 Å². The second kappa shape index (κ2) is 5.50. The van der Waals surface area contributed by atoms with Crippen molar-refractivity contribution < 1.29 is 18.3 Å². The molecule has 19 heavy (non-hydrogen) atoms. The number of carbonyl (C=O) groups is 1. The van der Waals surface area contributed by atoms with Crippen LogP contribution in [-0.2, 0) is 4.74 Å². The number of ether oxygens (including phenoxy) is 1. The monoisotopic (exact) mass is 271 g/mol. The number of urea groups is 1. The van der Waals surface area contributed by atoms with Gasteiger partial charge in [0.05, 0.1) is 6.04 Å². The van der Waals surface area contributed by atoms with Gasteiger partial charge in [-0.1, -0.05) is 6.07 Å². The van der Waals surface area contributed by atoms with Gasteiger partial charge in [-0.15, -0.1) is 0 Å². The lowest BCUT2D eigenvalue weighted by molar-refractivity contribution is 0.0692. The molecule has 1 heterocycles. The molecular formula is C12H15F2N3O2. The fourth-order valence-corrected chi connectivity index (χ4v) is 2.35. The normalized spacial score (nSPS) is 26.4. The highest BCUT2D eigenvalue weighted by Gasteiger charge is 2.38. The number of hydrogen-bond acceptors (Lipinski definition) is 3. The fraction of sp³-hybridized carbons (Fsp3) is 0.417. The molecule has 1 unspecified atom stereocenters. The van der Waals surface area contributed by atoms with Crippen molar-refractivity contribution >= 4 is 6.03 Å². The van der Waals surface area contributed by atoms with E-state index in [1.807, 2.05) is 0 Å². The minimum atomic E-state index is -0.920. The van der Waals surface area contributed by atoms with Gasteiger partial charge in [-0.05, 0) is 17.7 Å². The number of rotatable bonds is 3. The summed E-state index contributed by atoms with van der Waals surface area (Å²) in [5.74, 6) is -2.07. The minimum absolute atomic E-state index is 0.243. The van der Waals surface area contributed by atoms with Crippen LogP contribution in [0.4, 0.5) is 13.6 Å². The van der Waals surface area contributed by atoms with E-state index in [0.717, 1.165) is 12.1 Å². The molecule has 1 aliphatic rings. The van der Waals surface area contributed by atoms with Crippen LogP contribution in [0.2, 0.25) is 0 Å². The Kier molecular flexibility index (Phi) is 3.96. The van der Waals surface area contributed by atoms with Crippen LogP contribution in [0.25, 0.3) is 0 Å². The Morgan fingerprint density at radius 3 is 2.79 bits per heavy atom. The fourth-order valence-electron chi connectivity index (χ4n) is 2.35. The maximum atomic E-state index is 13.3. The molecular weight excluding hydrogens is 256 g/mol. The molecule has 1 aromatic carbocycles. The van der Waals surface area contributed by atoms with E-state index in [0.29, 0.717) is 12.1 Å². The summed E-state index contributed by atoms with van der Waals surface area (Å²) in [6.45, 7) is 0.467. The number of methoxy groups -OCH3 is 1. The van der Waals surface area contributed by atoms with E-state index < -0.39 is 29.9 Å². The Labute approximate surface area is 109 Å². The van der Waals surface area contributed by atoms with Crippen LogP contribution in [0.5, 0.6) is 0 Å². The number of benzene rings is 1. The zero-order valence-electron chi connectivity index (χ0n) is 10.3. The summed E-state index contributed by atoms with van der Waals surface area (Å²) in [5, 5.41) is 5.60. The van der Waals surface area contributed by atoms with Crippen molar-refractivity contribution in [1.29, 1.82) is 0 Å². The third-order valence-electron chi connectivity index (χ3n) is 3.23. The van der Waals surface area contributed by atoms with Crippen LogP contribution in [0.15, 0.2) is 18.2 Å². The van der Waals surface area contributed by atoms with Crippen molar-refractivity contribution in [3.8, 4) is 0 Å². The molecule has 7 heteroatoms. The highest BCUT2D eigenvalue weighted by atomic mass is 19.2. The third-order valence-corrected chi connectivity index (χ3v) is 3.23. The van der Waals surface area contributed by atoms with E-state index in [4.69, 9.17) is 10.5 Å². The standard InChI is InChI=1S/C12H15F2N3O2/c1-19-11-10(17-12(15)18)7(5-16-11)6-2-3-8(13)9(14)4-6/h2-4,7,10-11,16H,5H2,1H3,(H3,15,17,18)/t7-,10-,11?/m0/s1. The highest BCUT2D eigenvalue weighted by Crippen LogP contribution is 2.27. The maximum Gasteiger partial charge on any atom is 0.312 e. The molecule has 4 N–H and O–H groups in total. The van der Waals surface area contributed by atoms with Crippen molar-refractivity contribution in [2.75, 3.05) is 13.7 Å². The van der Waals surface area contributed by atoms with Crippen LogP contribution in [0.1, 0.15) is 11.5 Å². The molecule has 3 atom stereocenters. The Morgan fingerprint density at radius 1 is 1.47 bits per heavy atom. The molecule has 0 aliphatic carbocycles. The topological polar surface area (TPSA) is 76.4 Å². The molecule has 5 nitrogen and oxygen atoms in total. The Morgan fingerprint density at radius 2 is 2.21 bits per heavy atom. The van der Waals surface area contributed by atoms with Gasteiger partial charge >= 0.3 is 6.03 Å². The van der Waals surface area contributed by atoms with Gasteiger partial charge in [0.2, 0.25) is 0 Å². The molecule has 1 aromatic rings. The predicted octanol–water partition coefficient (Wildman–Crippen LogP) is 0.661. The van der Waals surface area contributed by atoms with E-state index in [2.05, 4.69) is 10.6 Å². The largest absolute Gasteiger partial charge is 0.364 e. The van der Waals surface area contributed by atoms with Crippen molar-refractivity contribution in [3.63, 3.8) is 0 Å². The van der Waals surface area contributed by atoms with E-state index >= 15 is 0 Å². The molecule has 1 aliphatic heterocycles. The number of amides is 2. The first-order chi connectivity index (χ1) is 9.02. The quantitative estimate of drug-likeness (QED) is 0.756. The van der Waals surface area contributed by atoms with Crippen molar-refractivity contribution in [2.45, 2.75) is 18.2 Å². The van der Waals surface area contributed by atoms with Crippen molar-refractivity contribution in [1.82, 2.24) is 10.6 Å². The average molecular weight is 271 g/mol. The zero-order valence-corrected chi connectivity index (χ0v) is 10.3. The van der Waals surface area contributed by atoms with Gasteiger partial charge in [0, 0.05) is 19.6 Å². The van der Waals surface area contributed by atoms with Crippen LogP contribution >= 0.6 is 0 Å². The number of hydrogen-bond donors (Lipinski definition) is 3. The lowest BCUT2D eigenvalue weighted by atomic mass is 9.93. The number of primary amides is 1. The van der Waals surface area contributed by atoms with Gasteiger partial charge in [-0.2, -0.15) is 0 Å². The van der Waals surface area contributed by atoms with Gasteiger partial charge in [0.25, 0.3) is 0 Å². The van der Waals surface area contributed by atoms with Crippen molar-refractivity contribution in [2.24, 2.45) is 5.73 Å². The lowest BCUT2D eigenvalue weighted by Crippen LogP contribution is -2.48. The maximum absolute atomic E-state index is 13.3. The van der Waals surface area contributed by atoms with E-state index in [-0.39, 0.29) is 5.92 Å². The Hall–Kier alpha value is -1.73. The second-order valence-corrected chi connectivity index (χ2v) is 4.38.